The molecule has 0 aliphatic rings. The lowest BCUT2D eigenvalue weighted by molar-refractivity contribution is 0.0625. The van der Waals surface area contributed by atoms with Crippen LogP contribution in [-0.2, 0) is 0 Å². The Morgan fingerprint density at radius 3 is 2.44 bits per heavy atom. The number of nitrogens with zero attached hydrogens (tertiary/aromatic N) is 1. The number of carbonyl (C=O) groups is 1. The molecule has 0 bridgehead atoms. The first-order valence-electron chi connectivity index (χ1n) is 5.02. The molecule has 0 aliphatic carbocycles. The predicted molar refractivity (Wildman–Crippen MR) is 76.2 cm³/mol. The third-order valence-corrected chi connectivity index (χ3v) is 6.18. The SMILES string of the molecule is CCC(C)(C)N(C)C(=O)c1cc(Br)c(Br)s1. The van der Waals surface area contributed by atoms with Crippen LogP contribution in [0.3, 0.4) is 0 Å². The molecule has 2 nitrogen and oxygen atoms in total. The van der Waals surface area contributed by atoms with Gasteiger partial charge in [0.15, 0.2) is 0 Å². The first-order valence-corrected chi connectivity index (χ1v) is 7.43. The monoisotopic (exact) mass is 367 g/mol. The molecule has 0 aliphatic heterocycles. The summed E-state index contributed by atoms with van der Waals surface area (Å²) < 4.78 is 1.89. The van der Waals surface area contributed by atoms with Crippen molar-refractivity contribution in [2.45, 2.75) is 32.7 Å². The predicted octanol–water partition coefficient (Wildman–Crippen LogP) is 4.53. The zero-order chi connectivity index (χ0) is 12.5. The van der Waals surface area contributed by atoms with Crippen LogP contribution in [0.25, 0.3) is 0 Å². The molecule has 1 rings (SSSR count). The second kappa shape index (κ2) is 5.19. The molecular weight excluding hydrogens is 354 g/mol. The highest BCUT2D eigenvalue weighted by molar-refractivity contribution is 9.13. The zero-order valence-corrected chi connectivity index (χ0v) is 13.8. The molecule has 16 heavy (non-hydrogen) atoms. The van der Waals surface area contributed by atoms with E-state index in [9.17, 15) is 4.79 Å². The normalized spacial score (nSPS) is 11.6. The van der Waals surface area contributed by atoms with Gasteiger partial charge in [0.1, 0.15) is 0 Å². The van der Waals surface area contributed by atoms with Crippen LogP contribution in [0.2, 0.25) is 0 Å². The molecule has 0 saturated carbocycles. The Labute approximate surface area is 117 Å². The largest absolute Gasteiger partial charge is 0.336 e. The summed E-state index contributed by atoms with van der Waals surface area (Å²) in [5.74, 6) is 0.0725. The first kappa shape index (κ1) is 14.2. The first-order chi connectivity index (χ1) is 7.29. The molecule has 90 valence electrons. The van der Waals surface area contributed by atoms with Gasteiger partial charge in [-0.05, 0) is 58.2 Å². The van der Waals surface area contributed by atoms with E-state index in [1.54, 1.807) is 4.90 Å². The highest BCUT2D eigenvalue weighted by Gasteiger charge is 2.27. The van der Waals surface area contributed by atoms with Crippen LogP contribution in [0.1, 0.15) is 36.9 Å². The standard InChI is InChI=1S/C11H15Br2NOS/c1-5-11(2,3)14(4)10(15)8-6-7(12)9(13)16-8/h6H,5H2,1-4H3. The van der Waals surface area contributed by atoms with Gasteiger partial charge in [-0.1, -0.05) is 6.92 Å². The maximum Gasteiger partial charge on any atom is 0.264 e. The maximum absolute atomic E-state index is 12.2. The molecular formula is C11H15Br2NOS. The molecule has 0 fully saturated rings. The van der Waals surface area contributed by atoms with Crippen LogP contribution < -0.4 is 0 Å². The number of hydrogen-bond acceptors (Lipinski definition) is 2. The van der Waals surface area contributed by atoms with Crippen molar-refractivity contribution < 1.29 is 4.79 Å². The molecule has 0 spiro atoms. The zero-order valence-electron chi connectivity index (χ0n) is 9.80. The highest BCUT2D eigenvalue weighted by Crippen LogP contribution is 2.33. The summed E-state index contributed by atoms with van der Waals surface area (Å²) in [7, 11) is 1.85. The average Bonchev–Trinajstić information content (AvgIpc) is 2.57. The van der Waals surface area contributed by atoms with Crippen LogP contribution in [0.5, 0.6) is 0 Å². The van der Waals surface area contributed by atoms with E-state index in [1.165, 1.54) is 11.3 Å². The van der Waals surface area contributed by atoms with Gasteiger partial charge in [0, 0.05) is 17.1 Å². The number of thiophene rings is 1. The fourth-order valence-electron chi connectivity index (χ4n) is 1.13. The van der Waals surface area contributed by atoms with E-state index in [2.05, 4.69) is 52.6 Å². The van der Waals surface area contributed by atoms with Crippen molar-refractivity contribution in [3.8, 4) is 0 Å². The molecule has 0 aromatic carbocycles. The van der Waals surface area contributed by atoms with Gasteiger partial charge in [0.25, 0.3) is 5.91 Å². The molecule has 5 heteroatoms. The molecule has 0 radical (unpaired) electrons. The Kier molecular flexibility index (Phi) is 4.60. The van der Waals surface area contributed by atoms with Gasteiger partial charge >= 0.3 is 0 Å². The Morgan fingerprint density at radius 2 is 2.06 bits per heavy atom. The lowest BCUT2D eigenvalue weighted by Gasteiger charge is -2.34. The van der Waals surface area contributed by atoms with Crippen molar-refractivity contribution in [3.63, 3.8) is 0 Å². The summed E-state index contributed by atoms with van der Waals surface area (Å²) in [6.07, 6.45) is 0.933. The number of carbonyl (C=O) groups excluding carboxylic acids is 1. The van der Waals surface area contributed by atoms with Crippen LogP contribution >= 0.6 is 43.2 Å². The van der Waals surface area contributed by atoms with E-state index in [0.717, 1.165) is 19.6 Å². The number of amides is 1. The van der Waals surface area contributed by atoms with E-state index in [1.807, 2.05) is 13.1 Å². The van der Waals surface area contributed by atoms with Gasteiger partial charge < -0.3 is 4.90 Å². The summed E-state index contributed by atoms with van der Waals surface area (Å²) >= 11 is 8.25. The van der Waals surface area contributed by atoms with E-state index < -0.39 is 0 Å². The average molecular weight is 369 g/mol. The minimum atomic E-state index is -0.111. The van der Waals surface area contributed by atoms with Crippen LogP contribution in [0, 0.1) is 0 Å². The van der Waals surface area contributed by atoms with Gasteiger partial charge in [-0.15, -0.1) is 11.3 Å². The fourth-order valence-corrected chi connectivity index (χ4v) is 3.14. The molecule has 1 heterocycles. The van der Waals surface area contributed by atoms with Crippen molar-refractivity contribution in [3.05, 3.63) is 19.2 Å². The lowest BCUT2D eigenvalue weighted by atomic mass is 10.00. The molecule has 1 aromatic rings. The van der Waals surface area contributed by atoms with Gasteiger partial charge in [0.2, 0.25) is 0 Å². The second-order valence-electron chi connectivity index (χ2n) is 4.26. The third-order valence-electron chi connectivity index (χ3n) is 2.93. The second-order valence-corrected chi connectivity index (χ2v) is 7.49. The Bertz CT molecular complexity index is 381. The smallest absolute Gasteiger partial charge is 0.264 e. The summed E-state index contributed by atoms with van der Waals surface area (Å²) in [6, 6.07) is 1.86. The highest BCUT2D eigenvalue weighted by atomic mass is 79.9. The molecule has 0 saturated heterocycles. The van der Waals surface area contributed by atoms with Gasteiger partial charge in [-0.3, -0.25) is 4.79 Å². The summed E-state index contributed by atoms with van der Waals surface area (Å²) in [6.45, 7) is 6.23. The van der Waals surface area contributed by atoms with E-state index in [4.69, 9.17) is 0 Å². The third kappa shape index (κ3) is 2.87. The molecule has 1 aromatic heterocycles. The molecule has 1 amide bonds. The number of halogens is 2. The summed E-state index contributed by atoms with van der Waals surface area (Å²) in [5.41, 5.74) is -0.111. The van der Waals surface area contributed by atoms with Crippen molar-refractivity contribution in [2.75, 3.05) is 7.05 Å². The van der Waals surface area contributed by atoms with Gasteiger partial charge in [-0.2, -0.15) is 0 Å². The van der Waals surface area contributed by atoms with E-state index >= 15 is 0 Å². The Balaban J connectivity index is 2.94. The van der Waals surface area contributed by atoms with Gasteiger partial charge in [-0.25, -0.2) is 0 Å². The van der Waals surface area contributed by atoms with Crippen LogP contribution in [0.15, 0.2) is 14.3 Å². The summed E-state index contributed by atoms with van der Waals surface area (Å²) in [5, 5.41) is 0. The van der Waals surface area contributed by atoms with Crippen molar-refractivity contribution >= 4 is 49.1 Å². The van der Waals surface area contributed by atoms with Crippen LogP contribution in [0.4, 0.5) is 0 Å². The van der Waals surface area contributed by atoms with Crippen molar-refractivity contribution in [1.29, 1.82) is 0 Å². The quantitative estimate of drug-likeness (QED) is 0.767. The number of rotatable bonds is 3. The minimum absolute atomic E-state index is 0.0725. The van der Waals surface area contributed by atoms with Crippen LogP contribution in [-0.4, -0.2) is 23.4 Å². The molecule has 0 N–H and O–H groups in total. The fraction of sp³-hybridized carbons (Fsp3) is 0.545. The van der Waals surface area contributed by atoms with E-state index in [-0.39, 0.29) is 11.4 Å². The van der Waals surface area contributed by atoms with E-state index in [0.29, 0.717) is 0 Å². The topological polar surface area (TPSA) is 20.3 Å². The lowest BCUT2D eigenvalue weighted by Crippen LogP contribution is -2.44. The Hall–Kier alpha value is 0.130. The number of hydrogen-bond donors (Lipinski definition) is 0. The molecule has 0 atom stereocenters. The maximum atomic E-state index is 12.2. The van der Waals surface area contributed by atoms with Gasteiger partial charge in [0.05, 0.1) is 8.66 Å². The van der Waals surface area contributed by atoms with Crippen molar-refractivity contribution in [2.24, 2.45) is 0 Å². The molecule has 0 unspecified atom stereocenters. The van der Waals surface area contributed by atoms with Crippen molar-refractivity contribution in [1.82, 2.24) is 4.90 Å². The Morgan fingerprint density at radius 1 is 1.50 bits per heavy atom. The minimum Gasteiger partial charge on any atom is -0.336 e. The summed E-state index contributed by atoms with van der Waals surface area (Å²) in [4.78, 5) is 14.8.